The number of phenols is 2. The van der Waals surface area contributed by atoms with Gasteiger partial charge in [-0.05, 0) is 24.6 Å². The summed E-state index contributed by atoms with van der Waals surface area (Å²) in [5, 5.41) is 27.6. The highest BCUT2D eigenvalue weighted by atomic mass is 35.5. The van der Waals surface area contributed by atoms with Gasteiger partial charge in [0, 0.05) is 6.04 Å². The fourth-order valence-corrected chi connectivity index (χ4v) is 1.03. The van der Waals surface area contributed by atoms with Gasteiger partial charge in [-0.25, -0.2) is 0 Å². The van der Waals surface area contributed by atoms with E-state index < -0.39 is 12.1 Å². The summed E-state index contributed by atoms with van der Waals surface area (Å²) < 4.78 is 0. The van der Waals surface area contributed by atoms with Gasteiger partial charge in [-0.1, -0.05) is 6.07 Å². The Hall–Kier alpha value is -0.970. The van der Waals surface area contributed by atoms with Crippen molar-refractivity contribution >= 4 is 12.4 Å². The van der Waals surface area contributed by atoms with Crippen LogP contribution in [-0.4, -0.2) is 21.4 Å². The van der Waals surface area contributed by atoms with Crippen LogP contribution in [0.15, 0.2) is 18.2 Å². The zero-order valence-electron chi connectivity index (χ0n) is 7.71. The summed E-state index contributed by atoms with van der Waals surface area (Å²) in [5.41, 5.74) is 5.95. The molecule has 0 radical (unpaired) electrons. The lowest BCUT2D eigenvalue weighted by Gasteiger charge is -2.14. The minimum absolute atomic E-state index is 0. The third-order valence-electron chi connectivity index (χ3n) is 1.84. The molecule has 0 amide bonds. The first-order chi connectivity index (χ1) is 6.02. The van der Waals surface area contributed by atoms with Gasteiger partial charge < -0.3 is 21.1 Å². The van der Waals surface area contributed by atoms with E-state index in [0.29, 0.717) is 5.56 Å². The number of benzene rings is 1. The van der Waals surface area contributed by atoms with E-state index in [4.69, 9.17) is 15.9 Å². The van der Waals surface area contributed by atoms with E-state index >= 15 is 0 Å². The van der Waals surface area contributed by atoms with Crippen LogP contribution in [0.4, 0.5) is 0 Å². The SMILES string of the molecule is C[C@@H](N)[C@@H](O)c1ccc(O)c(O)c1.Cl. The van der Waals surface area contributed by atoms with Crippen molar-refractivity contribution in [1.29, 1.82) is 0 Å². The molecule has 5 heteroatoms. The van der Waals surface area contributed by atoms with Crippen molar-refractivity contribution in [3.8, 4) is 11.5 Å². The highest BCUT2D eigenvalue weighted by Crippen LogP contribution is 2.28. The summed E-state index contributed by atoms with van der Waals surface area (Å²) in [4.78, 5) is 0. The Labute approximate surface area is 88.4 Å². The molecular weight excluding hydrogens is 206 g/mol. The molecule has 0 spiro atoms. The van der Waals surface area contributed by atoms with Crippen LogP contribution < -0.4 is 5.73 Å². The maximum absolute atomic E-state index is 9.50. The maximum Gasteiger partial charge on any atom is 0.157 e. The Balaban J connectivity index is 0.00000169. The first-order valence-corrected chi connectivity index (χ1v) is 3.98. The molecule has 1 aromatic rings. The lowest BCUT2D eigenvalue weighted by atomic mass is 10.0. The van der Waals surface area contributed by atoms with Crippen LogP contribution in [0.25, 0.3) is 0 Å². The summed E-state index contributed by atoms with van der Waals surface area (Å²) in [5.74, 6) is -0.460. The Kier molecular flexibility index (Phi) is 4.70. The Morgan fingerprint density at radius 3 is 2.21 bits per heavy atom. The predicted molar refractivity (Wildman–Crippen MR) is 55.6 cm³/mol. The third kappa shape index (κ3) is 2.77. The zero-order valence-corrected chi connectivity index (χ0v) is 8.53. The quantitative estimate of drug-likeness (QED) is 0.557. The summed E-state index contributed by atoms with van der Waals surface area (Å²) in [7, 11) is 0. The first kappa shape index (κ1) is 13.0. The molecule has 1 rings (SSSR count). The molecule has 1 aromatic carbocycles. The Morgan fingerprint density at radius 2 is 1.79 bits per heavy atom. The van der Waals surface area contributed by atoms with E-state index in [0.717, 1.165) is 0 Å². The molecule has 0 bridgehead atoms. The molecule has 2 atom stereocenters. The molecular formula is C9H14ClNO3. The maximum atomic E-state index is 9.50. The van der Waals surface area contributed by atoms with Gasteiger partial charge >= 0.3 is 0 Å². The highest BCUT2D eigenvalue weighted by Gasteiger charge is 2.13. The molecule has 0 unspecified atom stereocenters. The molecule has 0 aliphatic rings. The lowest BCUT2D eigenvalue weighted by Crippen LogP contribution is -2.24. The van der Waals surface area contributed by atoms with Crippen molar-refractivity contribution in [2.45, 2.75) is 19.1 Å². The van der Waals surface area contributed by atoms with Crippen LogP contribution in [0.1, 0.15) is 18.6 Å². The lowest BCUT2D eigenvalue weighted by molar-refractivity contribution is 0.153. The van der Waals surface area contributed by atoms with Crippen LogP contribution in [0.5, 0.6) is 11.5 Å². The molecule has 4 nitrogen and oxygen atoms in total. The first-order valence-electron chi connectivity index (χ1n) is 3.98. The minimum Gasteiger partial charge on any atom is -0.504 e. The third-order valence-corrected chi connectivity index (χ3v) is 1.84. The second kappa shape index (κ2) is 5.05. The highest BCUT2D eigenvalue weighted by molar-refractivity contribution is 5.85. The minimum atomic E-state index is -0.827. The molecule has 80 valence electrons. The standard InChI is InChI=1S/C9H13NO3.ClH/c1-5(10)9(13)6-2-3-7(11)8(12)4-6;/h2-5,9,11-13H,10H2,1H3;1H/t5-,9-;/m1./s1. The van der Waals surface area contributed by atoms with Crippen molar-refractivity contribution in [1.82, 2.24) is 0 Å². The molecule has 0 aliphatic carbocycles. The number of aromatic hydroxyl groups is 2. The van der Waals surface area contributed by atoms with Crippen molar-refractivity contribution in [2.75, 3.05) is 0 Å². The molecule has 0 aromatic heterocycles. The number of aliphatic hydroxyl groups excluding tert-OH is 1. The number of hydrogen-bond acceptors (Lipinski definition) is 4. The van der Waals surface area contributed by atoms with Crippen molar-refractivity contribution in [3.63, 3.8) is 0 Å². The smallest absolute Gasteiger partial charge is 0.157 e. The average Bonchev–Trinajstić information content (AvgIpc) is 2.08. The van der Waals surface area contributed by atoms with E-state index in [1.54, 1.807) is 6.92 Å². The Morgan fingerprint density at radius 1 is 1.21 bits per heavy atom. The van der Waals surface area contributed by atoms with Gasteiger partial charge in [-0.3, -0.25) is 0 Å². The van der Waals surface area contributed by atoms with E-state index in [1.165, 1.54) is 18.2 Å². The fourth-order valence-electron chi connectivity index (χ4n) is 1.03. The van der Waals surface area contributed by atoms with E-state index in [-0.39, 0.29) is 23.9 Å². The number of hydrogen-bond donors (Lipinski definition) is 4. The van der Waals surface area contributed by atoms with Crippen LogP contribution in [-0.2, 0) is 0 Å². The summed E-state index contributed by atoms with van der Waals surface area (Å²) >= 11 is 0. The van der Waals surface area contributed by atoms with Gasteiger partial charge in [-0.15, -0.1) is 12.4 Å². The number of aliphatic hydroxyl groups is 1. The van der Waals surface area contributed by atoms with E-state index in [2.05, 4.69) is 0 Å². The zero-order chi connectivity index (χ0) is 10.0. The topological polar surface area (TPSA) is 86.7 Å². The van der Waals surface area contributed by atoms with Gasteiger partial charge in [0.1, 0.15) is 0 Å². The van der Waals surface area contributed by atoms with Crippen LogP contribution >= 0.6 is 12.4 Å². The number of nitrogens with two attached hydrogens (primary N) is 1. The normalized spacial score (nSPS) is 14.2. The molecule has 0 fully saturated rings. The van der Waals surface area contributed by atoms with Crippen molar-refractivity contribution in [2.24, 2.45) is 5.73 Å². The largest absolute Gasteiger partial charge is 0.504 e. The van der Waals surface area contributed by atoms with Gasteiger partial charge in [0.2, 0.25) is 0 Å². The van der Waals surface area contributed by atoms with Crippen LogP contribution in [0.3, 0.4) is 0 Å². The molecule has 0 heterocycles. The second-order valence-corrected chi connectivity index (χ2v) is 3.05. The predicted octanol–water partition coefficient (Wildman–Crippen LogP) is 0.900. The number of phenolic OH excluding ortho intramolecular Hbond substituents is 2. The number of rotatable bonds is 2. The molecule has 5 N–H and O–H groups in total. The fraction of sp³-hybridized carbons (Fsp3) is 0.333. The summed E-state index contributed by atoms with van der Waals surface area (Å²) in [6.45, 7) is 1.66. The molecule has 0 aliphatic heterocycles. The molecule has 0 saturated heterocycles. The van der Waals surface area contributed by atoms with Crippen LogP contribution in [0.2, 0.25) is 0 Å². The second-order valence-electron chi connectivity index (χ2n) is 3.05. The van der Waals surface area contributed by atoms with Crippen molar-refractivity contribution < 1.29 is 15.3 Å². The van der Waals surface area contributed by atoms with E-state index in [1.807, 2.05) is 0 Å². The van der Waals surface area contributed by atoms with Gasteiger partial charge in [0.15, 0.2) is 11.5 Å². The monoisotopic (exact) mass is 219 g/mol. The van der Waals surface area contributed by atoms with Gasteiger partial charge in [-0.2, -0.15) is 0 Å². The van der Waals surface area contributed by atoms with Gasteiger partial charge in [0.05, 0.1) is 6.10 Å². The van der Waals surface area contributed by atoms with E-state index in [9.17, 15) is 5.11 Å². The van der Waals surface area contributed by atoms with Crippen molar-refractivity contribution in [3.05, 3.63) is 23.8 Å². The van der Waals surface area contributed by atoms with Gasteiger partial charge in [0.25, 0.3) is 0 Å². The molecule has 0 saturated carbocycles. The number of halogens is 1. The summed E-state index contributed by atoms with van der Waals surface area (Å²) in [6, 6.07) is 3.71. The Bertz CT molecular complexity index is 304. The average molecular weight is 220 g/mol. The van der Waals surface area contributed by atoms with Crippen LogP contribution in [0, 0.1) is 0 Å². The molecule has 14 heavy (non-hydrogen) atoms. The summed E-state index contributed by atoms with van der Waals surface area (Å²) in [6.07, 6.45) is -0.827.